The Morgan fingerprint density at radius 1 is 0.433 bits per heavy atom. The molecule has 0 aliphatic heterocycles. The second-order valence-corrected chi connectivity index (χ2v) is 19.5. The van der Waals surface area contributed by atoms with Gasteiger partial charge in [0, 0.05) is 6.42 Å². The molecule has 0 spiro atoms. The molecule has 0 radical (unpaired) electrons. The van der Waals surface area contributed by atoms with E-state index >= 15 is 0 Å². The molecule has 0 saturated carbocycles. The molecule has 67 heavy (non-hydrogen) atoms. The summed E-state index contributed by atoms with van der Waals surface area (Å²) in [4.78, 5) is 26.2. The van der Waals surface area contributed by atoms with Gasteiger partial charge in [0.05, 0.1) is 25.2 Å². The minimum atomic E-state index is -0.807. The number of carbonyl (C=O) groups is 2. The van der Waals surface area contributed by atoms with Crippen molar-refractivity contribution in [3.05, 3.63) is 72.9 Å². The van der Waals surface area contributed by atoms with Crippen LogP contribution in [0.1, 0.15) is 278 Å². The molecule has 0 rings (SSSR count). The molecule has 0 aromatic carbocycles. The van der Waals surface area contributed by atoms with E-state index in [4.69, 9.17) is 4.74 Å². The first-order chi connectivity index (χ1) is 33.0. The number of esters is 1. The lowest BCUT2D eigenvalue weighted by molar-refractivity contribution is -0.151. The van der Waals surface area contributed by atoms with Crippen molar-refractivity contribution in [2.24, 2.45) is 0 Å². The summed E-state index contributed by atoms with van der Waals surface area (Å²) >= 11 is 0. The number of hydrogen-bond donors (Lipinski definition) is 3. The van der Waals surface area contributed by atoms with Crippen LogP contribution in [0.25, 0.3) is 0 Å². The van der Waals surface area contributed by atoms with Crippen LogP contribution >= 0.6 is 0 Å². The zero-order chi connectivity index (χ0) is 48.8. The molecular formula is C61H109NO5. The predicted octanol–water partition coefficient (Wildman–Crippen LogP) is 17.7. The summed E-state index contributed by atoms with van der Waals surface area (Å²) in [5.41, 5.74) is 0. The standard InChI is InChI=1S/C61H109NO5/c1-4-7-10-13-16-19-22-25-28-31-34-37-40-43-46-49-52-57(67-61(66)54-51-48-45-42-39-36-33-30-27-24-21-18-15-12-9-6-3)55-60(65)62-58(56-63)59(64)53-50-47-44-41-38-35-32-29-26-23-20-17-14-11-8-5-2/h16,19,22,25,28,30-31,33-34,36-37,39,57-59,63-64H,4-15,17-18,20-21,23-24,26-27,29,32,35,38,40-56H2,1-3H3,(H,62,65)/b19-16+,25-22+,31-28+,33-30+,37-34+,39-36+. The smallest absolute Gasteiger partial charge is 0.306 e. The summed E-state index contributed by atoms with van der Waals surface area (Å²) in [5, 5.41) is 23.9. The first-order valence-electron chi connectivity index (χ1n) is 28.7. The van der Waals surface area contributed by atoms with Gasteiger partial charge in [-0.25, -0.2) is 0 Å². The number of hydrogen-bond acceptors (Lipinski definition) is 5. The van der Waals surface area contributed by atoms with E-state index in [-0.39, 0.29) is 24.9 Å². The molecule has 3 atom stereocenters. The van der Waals surface area contributed by atoms with Crippen LogP contribution in [0.15, 0.2) is 72.9 Å². The third-order valence-electron chi connectivity index (χ3n) is 12.9. The van der Waals surface area contributed by atoms with E-state index in [2.05, 4.69) is 92.9 Å². The SMILES string of the molecule is CCCCC/C=C/C=C/C=C/C=C/CCCCCC(CC(=O)NC(CO)C(O)CCCCCCCCCCCCCCCCCC)OC(=O)CCCCC/C=C/C=C/CCCCCCCCC. The Kier molecular flexibility index (Phi) is 52.1. The van der Waals surface area contributed by atoms with Crippen LogP contribution in [0.5, 0.6) is 0 Å². The molecule has 3 N–H and O–H groups in total. The first kappa shape index (κ1) is 64.3. The normalized spacial score (nSPS) is 13.7. The first-order valence-corrected chi connectivity index (χ1v) is 28.7. The van der Waals surface area contributed by atoms with Crippen molar-refractivity contribution >= 4 is 11.9 Å². The number of amides is 1. The highest BCUT2D eigenvalue weighted by molar-refractivity contribution is 5.77. The molecule has 388 valence electrons. The van der Waals surface area contributed by atoms with Crippen molar-refractivity contribution in [3.8, 4) is 0 Å². The maximum Gasteiger partial charge on any atom is 0.306 e. The summed E-state index contributed by atoms with van der Waals surface area (Å²) in [6.07, 6.45) is 69.6. The lowest BCUT2D eigenvalue weighted by Gasteiger charge is -2.24. The molecule has 0 bridgehead atoms. The number of allylic oxidation sites excluding steroid dienone is 12. The minimum Gasteiger partial charge on any atom is -0.462 e. The molecule has 0 aromatic rings. The van der Waals surface area contributed by atoms with Gasteiger partial charge in [-0.3, -0.25) is 9.59 Å². The molecular weight excluding hydrogens is 827 g/mol. The summed E-state index contributed by atoms with van der Waals surface area (Å²) in [7, 11) is 0. The summed E-state index contributed by atoms with van der Waals surface area (Å²) in [6, 6.07) is -0.724. The van der Waals surface area contributed by atoms with Crippen molar-refractivity contribution in [1.29, 1.82) is 0 Å². The van der Waals surface area contributed by atoms with Crippen molar-refractivity contribution in [1.82, 2.24) is 5.32 Å². The van der Waals surface area contributed by atoms with Crippen LogP contribution in [0.2, 0.25) is 0 Å². The highest BCUT2D eigenvalue weighted by Crippen LogP contribution is 2.18. The molecule has 0 saturated heterocycles. The quantitative estimate of drug-likeness (QED) is 0.0321. The molecule has 0 aliphatic carbocycles. The Bertz CT molecular complexity index is 1230. The van der Waals surface area contributed by atoms with Gasteiger partial charge in [-0.15, -0.1) is 0 Å². The molecule has 1 amide bonds. The van der Waals surface area contributed by atoms with Crippen molar-refractivity contribution in [2.75, 3.05) is 6.61 Å². The van der Waals surface area contributed by atoms with E-state index in [0.29, 0.717) is 19.3 Å². The van der Waals surface area contributed by atoms with Crippen LogP contribution < -0.4 is 5.32 Å². The number of rotatable bonds is 51. The number of aliphatic hydroxyl groups is 2. The molecule has 6 nitrogen and oxygen atoms in total. The van der Waals surface area contributed by atoms with Gasteiger partial charge in [-0.1, -0.05) is 261 Å². The Labute approximate surface area is 415 Å². The van der Waals surface area contributed by atoms with Crippen LogP contribution in [-0.4, -0.2) is 46.9 Å². The van der Waals surface area contributed by atoms with Gasteiger partial charge in [0.25, 0.3) is 0 Å². The van der Waals surface area contributed by atoms with E-state index in [1.165, 1.54) is 148 Å². The van der Waals surface area contributed by atoms with Gasteiger partial charge in [0.15, 0.2) is 0 Å². The zero-order valence-electron chi connectivity index (χ0n) is 44.3. The Hall–Kier alpha value is -2.70. The van der Waals surface area contributed by atoms with Crippen molar-refractivity contribution < 1.29 is 24.5 Å². The second kappa shape index (κ2) is 54.2. The van der Waals surface area contributed by atoms with Gasteiger partial charge in [0.2, 0.25) is 5.91 Å². The third-order valence-corrected chi connectivity index (χ3v) is 12.9. The minimum absolute atomic E-state index is 0.0391. The van der Waals surface area contributed by atoms with E-state index in [9.17, 15) is 19.8 Å². The van der Waals surface area contributed by atoms with E-state index in [1.807, 2.05) is 6.08 Å². The van der Waals surface area contributed by atoms with Gasteiger partial charge < -0.3 is 20.3 Å². The number of unbranched alkanes of at least 4 members (excludes halogenated alkanes) is 31. The molecule has 0 aliphatic rings. The maximum atomic E-state index is 13.3. The van der Waals surface area contributed by atoms with Gasteiger partial charge in [-0.05, 0) is 77.0 Å². The van der Waals surface area contributed by atoms with Gasteiger partial charge in [-0.2, -0.15) is 0 Å². The Morgan fingerprint density at radius 2 is 0.761 bits per heavy atom. The van der Waals surface area contributed by atoms with Crippen LogP contribution in [0.4, 0.5) is 0 Å². The van der Waals surface area contributed by atoms with Crippen LogP contribution in [0.3, 0.4) is 0 Å². The van der Waals surface area contributed by atoms with Crippen molar-refractivity contribution in [3.63, 3.8) is 0 Å². The average Bonchev–Trinajstić information content (AvgIpc) is 3.32. The van der Waals surface area contributed by atoms with Gasteiger partial charge in [0.1, 0.15) is 6.10 Å². The lowest BCUT2D eigenvalue weighted by Crippen LogP contribution is -2.46. The largest absolute Gasteiger partial charge is 0.462 e. The molecule has 6 heteroatoms. The highest BCUT2D eigenvalue weighted by atomic mass is 16.5. The van der Waals surface area contributed by atoms with E-state index in [0.717, 1.165) is 83.5 Å². The molecule has 0 aromatic heterocycles. The summed E-state index contributed by atoms with van der Waals surface area (Å²) in [6.45, 7) is 6.44. The van der Waals surface area contributed by atoms with E-state index in [1.54, 1.807) is 0 Å². The van der Waals surface area contributed by atoms with Crippen LogP contribution in [-0.2, 0) is 14.3 Å². The lowest BCUT2D eigenvalue weighted by atomic mass is 10.0. The number of ether oxygens (including phenoxy) is 1. The Balaban J connectivity index is 4.68. The fraction of sp³-hybridized carbons (Fsp3) is 0.770. The monoisotopic (exact) mass is 936 g/mol. The molecule has 3 unspecified atom stereocenters. The number of nitrogens with one attached hydrogen (secondary N) is 1. The average molecular weight is 937 g/mol. The van der Waals surface area contributed by atoms with Crippen molar-refractivity contribution in [2.45, 2.75) is 296 Å². The third kappa shape index (κ3) is 49.5. The predicted molar refractivity (Wildman–Crippen MR) is 291 cm³/mol. The summed E-state index contributed by atoms with van der Waals surface area (Å²) < 4.78 is 5.93. The Morgan fingerprint density at radius 3 is 1.21 bits per heavy atom. The molecule has 0 fully saturated rings. The van der Waals surface area contributed by atoms with Crippen LogP contribution in [0, 0.1) is 0 Å². The number of carbonyl (C=O) groups excluding carboxylic acids is 2. The number of aliphatic hydroxyl groups excluding tert-OH is 2. The molecule has 0 heterocycles. The second-order valence-electron chi connectivity index (χ2n) is 19.5. The fourth-order valence-electron chi connectivity index (χ4n) is 8.49. The summed E-state index contributed by atoms with van der Waals surface area (Å²) in [5.74, 6) is -0.540. The highest BCUT2D eigenvalue weighted by Gasteiger charge is 2.24. The fourth-order valence-corrected chi connectivity index (χ4v) is 8.49. The van der Waals surface area contributed by atoms with E-state index < -0.39 is 18.2 Å². The van der Waals surface area contributed by atoms with Gasteiger partial charge >= 0.3 is 5.97 Å². The maximum absolute atomic E-state index is 13.3. The zero-order valence-corrected chi connectivity index (χ0v) is 44.3. The topological polar surface area (TPSA) is 95.9 Å².